The van der Waals surface area contributed by atoms with Gasteiger partial charge in [-0.05, 0) is 0 Å². The Balaban J connectivity index is 2.41. The summed E-state index contributed by atoms with van der Waals surface area (Å²) in [5.74, 6) is 0. The average Bonchev–Trinajstić information content (AvgIpc) is 2.74. The molecular weight excluding hydrogens is 205 g/mol. The second-order valence-corrected chi connectivity index (χ2v) is 3.30. The van der Waals surface area contributed by atoms with E-state index in [2.05, 4.69) is 5.10 Å². The summed E-state index contributed by atoms with van der Waals surface area (Å²) in [5.41, 5.74) is 2.01. The summed E-state index contributed by atoms with van der Waals surface area (Å²) in [6.07, 6.45) is 0. The number of rotatable bonds is 3. The summed E-state index contributed by atoms with van der Waals surface area (Å²) >= 11 is 0. The van der Waals surface area contributed by atoms with Gasteiger partial charge in [-0.15, -0.1) is 0 Å². The number of hydrogen-bond donors (Lipinski definition) is 0. The summed E-state index contributed by atoms with van der Waals surface area (Å²) < 4.78 is 13.6. The Morgan fingerprint density at radius 2 is 2.06 bits per heavy atom. The van der Waals surface area contributed by atoms with Crippen molar-refractivity contribution in [2.24, 2.45) is 0 Å². The first-order valence-electron chi connectivity index (χ1n) is 4.94. The molecule has 0 fully saturated rings. The van der Waals surface area contributed by atoms with E-state index in [0.717, 1.165) is 5.56 Å². The number of halogens is 1. The molecule has 3 nitrogen and oxygen atoms in total. The van der Waals surface area contributed by atoms with Crippen LogP contribution in [0.4, 0.5) is 4.39 Å². The van der Waals surface area contributed by atoms with Crippen molar-refractivity contribution < 1.29 is 4.39 Å². The lowest BCUT2D eigenvalue weighted by atomic mass is 10.1. The van der Waals surface area contributed by atoms with Gasteiger partial charge in [-0.3, -0.25) is 4.68 Å². The Morgan fingerprint density at radius 1 is 1.31 bits per heavy atom. The van der Waals surface area contributed by atoms with Crippen LogP contribution < -0.4 is 0 Å². The second kappa shape index (κ2) is 4.58. The van der Waals surface area contributed by atoms with Gasteiger partial charge in [0.2, 0.25) is 0 Å². The molecule has 0 unspecified atom stereocenters. The van der Waals surface area contributed by atoms with Crippen LogP contribution in [0.3, 0.4) is 0 Å². The van der Waals surface area contributed by atoms with Crippen molar-refractivity contribution in [3.8, 4) is 17.3 Å². The molecule has 0 spiro atoms. The van der Waals surface area contributed by atoms with Crippen molar-refractivity contribution in [2.75, 3.05) is 6.67 Å². The van der Waals surface area contributed by atoms with Crippen molar-refractivity contribution in [3.05, 3.63) is 42.1 Å². The minimum Gasteiger partial charge on any atom is -0.252 e. The SMILES string of the molecule is N#Cc1cc(-c2ccccc2)nn1CCF. The van der Waals surface area contributed by atoms with E-state index >= 15 is 0 Å². The van der Waals surface area contributed by atoms with Crippen molar-refractivity contribution in [1.29, 1.82) is 5.26 Å². The molecule has 0 N–H and O–H groups in total. The van der Waals surface area contributed by atoms with E-state index in [0.29, 0.717) is 11.4 Å². The standard InChI is InChI=1S/C12H10FN3/c13-6-7-16-11(9-14)8-12(15-16)10-4-2-1-3-5-10/h1-5,8H,6-7H2. The van der Waals surface area contributed by atoms with Crippen LogP contribution >= 0.6 is 0 Å². The largest absolute Gasteiger partial charge is 0.252 e. The van der Waals surface area contributed by atoms with Gasteiger partial charge in [-0.1, -0.05) is 30.3 Å². The van der Waals surface area contributed by atoms with Crippen molar-refractivity contribution in [3.63, 3.8) is 0 Å². The van der Waals surface area contributed by atoms with Crippen LogP contribution in [-0.2, 0) is 6.54 Å². The van der Waals surface area contributed by atoms with Crippen LogP contribution in [0.5, 0.6) is 0 Å². The lowest BCUT2D eigenvalue weighted by Crippen LogP contribution is -2.04. The average molecular weight is 215 g/mol. The Labute approximate surface area is 92.7 Å². The summed E-state index contributed by atoms with van der Waals surface area (Å²) in [6, 6.07) is 13.2. The van der Waals surface area contributed by atoms with Crippen molar-refractivity contribution in [2.45, 2.75) is 6.54 Å². The van der Waals surface area contributed by atoms with Gasteiger partial charge in [0.25, 0.3) is 0 Å². The van der Waals surface area contributed by atoms with Crippen LogP contribution in [0.1, 0.15) is 5.69 Å². The monoisotopic (exact) mass is 215 g/mol. The second-order valence-electron chi connectivity index (χ2n) is 3.30. The van der Waals surface area contributed by atoms with Crippen LogP contribution in [0, 0.1) is 11.3 Å². The van der Waals surface area contributed by atoms with E-state index in [1.807, 2.05) is 36.4 Å². The lowest BCUT2D eigenvalue weighted by molar-refractivity contribution is 0.426. The molecule has 0 bridgehead atoms. The molecule has 2 rings (SSSR count). The maximum Gasteiger partial charge on any atom is 0.139 e. The Hall–Kier alpha value is -2.15. The molecule has 0 aliphatic carbocycles. The lowest BCUT2D eigenvalue weighted by Gasteiger charge is -1.97. The van der Waals surface area contributed by atoms with Crippen LogP contribution in [0.15, 0.2) is 36.4 Å². The van der Waals surface area contributed by atoms with Gasteiger partial charge in [0.15, 0.2) is 0 Å². The molecule has 80 valence electrons. The third kappa shape index (κ3) is 1.94. The van der Waals surface area contributed by atoms with E-state index in [9.17, 15) is 4.39 Å². The first-order chi connectivity index (χ1) is 7.85. The number of hydrogen-bond acceptors (Lipinski definition) is 2. The summed E-state index contributed by atoms with van der Waals surface area (Å²) in [6.45, 7) is -0.402. The highest BCUT2D eigenvalue weighted by atomic mass is 19.1. The highest BCUT2D eigenvalue weighted by Crippen LogP contribution is 2.18. The van der Waals surface area contributed by atoms with Gasteiger partial charge < -0.3 is 0 Å². The fourth-order valence-corrected chi connectivity index (χ4v) is 1.51. The quantitative estimate of drug-likeness (QED) is 0.788. The summed E-state index contributed by atoms with van der Waals surface area (Å²) in [4.78, 5) is 0. The molecule has 0 saturated heterocycles. The molecule has 0 aliphatic heterocycles. The molecule has 2 aromatic rings. The van der Waals surface area contributed by atoms with Crippen LogP contribution in [0.25, 0.3) is 11.3 Å². The van der Waals surface area contributed by atoms with Crippen LogP contribution in [-0.4, -0.2) is 16.5 Å². The first-order valence-corrected chi connectivity index (χ1v) is 4.94. The Kier molecular flexibility index (Phi) is 2.97. The zero-order chi connectivity index (χ0) is 11.4. The van der Waals surface area contributed by atoms with Gasteiger partial charge in [-0.25, -0.2) is 4.39 Å². The van der Waals surface area contributed by atoms with E-state index in [4.69, 9.17) is 5.26 Å². The minimum absolute atomic E-state index is 0.121. The van der Waals surface area contributed by atoms with Crippen LogP contribution in [0.2, 0.25) is 0 Å². The van der Waals surface area contributed by atoms with E-state index < -0.39 is 6.67 Å². The maximum atomic E-state index is 12.2. The number of nitrogens with zero attached hydrogens (tertiary/aromatic N) is 3. The molecule has 0 radical (unpaired) electrons. The third-order valence-corrected chi connectivity index (χ3v) is 2.26. The molecule has 0 saturated carbocycles. The Bertz CT molecular complexity index is 511. The van der Waals surface area contributed by atoms with Crippen molar-refractivity contribution in [1.82, 2.24) is 9.78 Å². The predicted molar refractivity (Wildman–Crippen MR) is 58.4 cm³/mol. The third-order valence-electron chi connectivity index (χ3n) is 2.26. The fourth-order valence-electron chi connectivity index (χ4n) is 1.51. The maximum absolute atomic E-state index is 12.2. The number of alkyl halides is 1. The topological polar surface area (TPSA) is 41.6 Å². The van der Waals surface area contributed by atoms with Gasteiger partial charge in [0, 0.05) is 11.6 Å². The highest BCUT2D eigenvalue weighted by molar-refractivity contribution is 5.60. The predicted octanol–water partition coefficient (Wildman–Crippen LogP) is 2.39. The van der Waals surface area contributed by atoms with Gasteiger partial charge in [0.05, 0.1) is 12.2 Å². The van der Waals surface area contributed by atoms with E-state index in [-0.39, 0.29) is 6.54 Å². The fraction of sp³-hybridized carbons (Fsp3) is 0.167. The van der Waals surface area contributed by atoms with E-state index in [1.165, 1.54) is 4.68 Å². The molecule has 1 heterocycles. The van der Waals surface area contributed by atoms with Crippen molar-refractivity contribution >= 4 is 0 Å². The zero-order valence-corrected chi connectivity index (χ0v) is 8.60. The molecule has 1 aromatic carbocycles. The number of nitriles is 1. The Morgan fingerprint density at radius 3 is 2.69 bits per heavy atom. The minimum atomic E-state index is -0.523. The smallest absolute Gasteiger partial charge is 0.139 e. The van der Waals surface area contributed by atoms with Gasteiger partial charge in [0.1, 0.15) is 18.4 Å². The molecule has 0 atom stereocenters. The highest BCUT2D eigenvalue weighted by Gasteiger charge is 2.08. The number of aromatic nitrogens is 2. The zero-order valence-electron chi connectivity index (χ0n) is 8.60. The van der Waals surface area contributed by atoms with E-state index in [1.54, 1.807) is 6.07 Å². The summed E-state index contributed by atoms with van der Waals surface area (Å²) in [7, 11) is 0. The van der Waals surface area contributed by atoms with Gasteiger partial charge in [-0.2, -0.15) is 10.4 Å². The molecule has 16 heavy (non-hydrogen) atoms. The molecule has 1 aromatic heterocycles. The number of aryl methyl sites for hydroxylation is 1. The molecule has 4 heteroatoms. The molecule has 0 aliphatic rings. The molecular formula is C12H10FN3. The summed E-state index contributed by atoms with van der Waals surface area (Å²) in [5, 5.41) is 13.1. The first kappa shape index (κ1) is 10.4. The van der Waals surface area contributed by atoms with Gasteiger partial charge >= 0.3 is 0 Å². The molecule has 0 amide bonds. The normalized spacial score (nSPS) is 10.0. The number of benzene rings is 1.